The van der Waals surface area contributed by atoms with E-state index < -0.39 is 0 Å². The van der Waals surface area contributed by atoms with Gasteiger partial charge in [0.1, 0.15) is 18.2 Å². The van der Waals surface area contributed by atoms with Crippen LogP contribution in [0.15, 0.2) is 46.9 Å². The van der Waals surface area contributed by atoms with Crippen LogP contribution in [0.5, 0.6) is 5.75 Å². The minimum Gasteiger partial charge on any atom is -0.492 e. The molecule has 0 radical (unpaired) electrons. The molecule has 1 amide bonds. The van der Waals surface area contributed by atoms with Crippen LogP contribution in [0.25, 0.3) is 0 Å². The number of halogens is 1. The lowest BCUT2D eigenvalue weighted by Crippen LogP contribution is -2.29. The maximum Gasteiger partial charge on any atom is 0.230 e. The summed E-state index contributed by atoms with van der Waals surface area (Å²) in [6.07, 6.45) is 3.09. The zero-order valence-corrected chi connectivity index (χ0v) is 18.1. The zero-order chi connectivity index (χ0) is 20.1. The van der Waals surface area contributed by atoms with Gasteiger partial charge >= 0.3 is 0 Å². The van der Waals surface area contributed by atoms with Gasteiger partial charge in [-0.15, -0.1) is 21.5 Å². The normalized spacial score (nSPS) is 13.4. The number of nitrogens with zero attached hydrogens (tertiary/aromatic N) is 3. The SMILES string of the molecule is O=C(CSc1nnc(Cc2cccs2)n1C1CC1)NCCOc1ccc(Cl)cc1. The van der Waals surface area contributed by atoms with Crippen molar-refractivity contribution in [3.8, 4) is 5.75 Å². The van der Waals surface area contributed by atoms with Gasteiger partial charge in [0.25, 0.3) is 0 Å². The highest BCUT2D eigenvalue weighted by Crippen LogP contribution is 2.39. The molecular formula is C20H21ClN4O2S2. The summed E-state index contributed by atoms with van der Waals surface area (Å²) < 4.78 is 7.79. The van der Waals surface area contributed by atoms with Gasteiger partial charge in [0, 0.05) is 22.4 Å². The van der Waals surface area contributed by atoms with E-state index in [-0.39, 0.29) is 5.91 Å². The van der Waals surface area contributed by atoms with Crippen LogP contribution >= 0.6 is 34.7 Å². The lowest BCUT2D eigenvalue weighted by atomic mass is 10.3. The molecule has 1 aromatic carbocycles. The number of aromatic nitrogens is 3. The molecule has 1 fully saturated rings. The maximum atomic E-state index is 12.2. The van der Waals surface area contributed by atoms with Crippen LogP contribution in [0.2, 0.25) is 5.02 Å². The Morgan fingerprint density at radius 2 is 2.10 bits per heavy atom. The molecule has 2 heterocycles. The molecule has 9 heteroatoms. The van der Waals surface area contributed by atoms with Crippen LogP contribution in [-0.2, 0) is 11.2 Å². The van der Waals surface area contributed by atoms with Gasteiger partial charge in [0.2, 0.25) is 5.91 Å². The second kappa shape index (κ2) is 9.65. The molecule has 29 heavy (non-hydrogen) atoms. The quantitative estimate of drug-likeness (QED) is 0.371. The van der Waals surface area contributed by atoms with Crippen molar-refractivity contribution in [2.75, 3.05) is 18.9 Å². The Balaban J connectivity index is 1.24. The van der Waals surface area contributed by atoms with Crippen molar-refractivity contribution in [2.45, 2.75) is 30.5 Å². The van der Waals surface area contributed by atoms with E-state index in [1.807, 2.05) is 0 Å². The van der Waals surface area contributed by atoms with Gasteiger partial charge in [0.15, 0.2) is 5.16 Å². The Bertz CT molecular complexity index is 940. The average Bonchev–Trinajstić information content (AvgIpc) is 3.27. The number of thioether (sulfide) groups is 1. The number of ether oxygens (including phenoxy) is 1. The topological polar surface area (TPSA) is 69.0 Å². The number of carbonyl (C=O) groups excluding carboxylic acids is 1. The van der Waals surface area contributed by atoms with Crippen LogP contribution in [0.4, 0.5) is 0 Å². The largest absolute Gasteiger partial charge is 0.492 e. The smallest absolute Gasteiger partial charge is 0.230 e. The predicted molar refractivity (Wildman–Crippen MR) is 116 cm³/mol. The molecule has 0 unspecified atom stereocenters. The third-order valence-corrected chi connectivity index (χ3v) is 6.47. The highest BCUT2D eigenvalue weighted by molar-refractivity contribution is 7.99. The molecule has 1 saturated carbocycles. The van der Waals surface area contributed by atoms with Crippen molar-refractivity contribution in [1.82, 2.24) is 20.1 Å². The second-order valence-electron chi connectivity index (χ2n) is 6.70. The lowest BCUT2D eigenvalue weighted by Gasteiger charge is -2.09. The molecular weight excluding hydrogens is 428 g/mol. The summed E-state index contributed by atoms with van der Waals surface area (Å²) in [6, 6.07) is 11.8. The molecule has 0 saturated heterocycles. The van der Waals surface area contributed by atoms with Gasteiger partial charge in [-0.2, -0.15) is 0 Å². The van der Waals surface area contributed by atoms with Crippen molar-refractivity contribution in [3.63, 3.8) is 0 Å². The minimum absolute atomic E-state index is 0.0418. The first-order valence-corrected chi connectivity index (χ1v) is 11.7. The van der Waals surface area contributed by atoms with E-state index in [0.29, 0.717) is 30.0 Å². The highest BCUT2D eigenvalue weighted by atomic mass is 35.5. The molecule has 2 aromatic heterocycles. The molecule has 1 aliphatic carbocycles. The fourth-order valence-corrected chi connectivity index (χ4v) is 4.55. The highest BCUT2D eigenvalue weighted by Gasteiger charge is 2.29. The van der Waals surface area contributed by atoms with Crippen molar-refractivity contribution in [2.24, 2.45) is 0 Å². The minimum atomic E-state index is -0.0418. The number of thiophene rings is 1. The summed E-state index contributed by atoms with van der Waals surface area (Å²) in [5.41, 5.74) is 0. The summed E-state index contributed by atoms with van der Waals surface area (Å²) in [5.74, 6) is 1.98. The first kappa shape index (κ1) is 20.3. The Morgan fingerprint density at radius 1 is 1.28 bits per heavy atom. The molecule has 0 bridgehead atoms. The summed E-state index contributed by atoms with van der Waals surface area (Å²) >= 11 is 9.01. The van der Waals surface area contributed by atoms with E-state index in [0.717, 1.165) is 36.0 Å². The number of nitrogens with one attached hydrogen (secondary N) is 1. The number of benzene rings is 1. The first-order valence-electron chi connectivity index (χ1n) is 9.43. The Morgan fingerprint density at radius 3 is 2.83 bits per heavy atom. The molecule has 152 valence electrons. The maximum absolute atomic E-state index is 12.2. The van der Waals surface area contributed by atoms with Gasteiger partial charge in [0.05, 0.1) is 12.3 Å². The van der Waals surface area contributed by atoms with Crippen LogP contribution in [0.1, 0.15) is 29.6 Å². The molecule has 1 N–H and O–H groups in total. The fraction of sp³-hybridized carbons (Fsp3) is 0.350. The van der Waals surface area contributed by atoms with Crippen LogP contribution in [0.3, 0.4) is 0 Å². The fourth-order valence-electron chi connectivity index (χ4n) is 2.87. The number of rotatable bonds is 10. The zero-order valence-electron chi connectivity index (χ0n) is 15.7. The molecule has 0 aliphatic heterocycles. The molecule has 3 aromatic rings. The van der Waals surface area contributed by atoms with Gasteiger partial charge in [-0.25, -0.2) is 0 Å². The number of amides is 1. The molecule has 0 atom stereocenters. The van der Waals surface area contributed by atoms with Crippen LogP contribution in [0, 0.1) is 0 Å². The van der Waals surface area contributed by atoms with E-state index in [2.05, 4.69) is 37.6 Å². The average molecular weight is 449 g/mol. The van der Waals surface area contributed by atoms with E-state index in [4.69, 9.17) is 16.3 Å². The Hall–Kier alpha value is -2.03. The number of hydrogen-bond donors (Lipinski definition) is 1. The molecule has 1 aliphatic rings. The predicted octanol–water partition coefficient (Wildman–Crippen LogP) is 4.21. The summed E-state index contributed by atoms with van der Waals surface area (Å²) in [5, 5.41) is 15.2. The Kier molecular flexibility index (Phi) is 6.74. The van der Waals surface area contributed by atoms with Crippen LogP contribution in [-0.4, -0.2) is 39.6 Å². The van der Waals surface area contributed by atoms with Gasteiger partial charge in [-0.05, 0) is 48.6 Å². The third-order valence-electron chi connectivity index (χ3n) is 4.40. The molecule has 4 rings (SSSR count). The number of carbonyl (C=O) groups is 1. The van der Waals surface area contributed by atoms with Gasteiger partial charge < -0.3 is 14.6 Å². The van der Waals surface area contributed by atoms with Gasteiger partial charge in [-0.3, -0.25) is 4.79 Å². The lowest BCUT2D eigenvalue weighted by molar-refractivity contribution is -0.118. The summed E-state index contributed by atoms with van der Waals surface area (Å²) in [4.78, 5) is 13.4. The molecule has 0 spiro atoms. The third kappa shape index (κ3) is 5.74. The molecule has 6 nitrogen and oxygen atoms in total. The van der Waals surface area contributed by atoms with E-state index in [1.54, 1.807) is 35.6 Å². The Labute approximate surface area is 182 Å². The second-order valence-corrected chi connectivity index (χ2v) is 9.11. The van der Waals surface area contributed by atoms with Crippen LogP contribution < -0.4 is 10.1 Å². The van der Waals surface area contributed by atoms with Gasteiger partial charge in [-0.1, -0.05) is 29.4 Å². The summed E-state index contributed by atoms with van der Waals surface area (Å²) in [7, 11) is 0. The van der Waals surface area contributed by atoms with Crippen molar-refractivity contribution >= 4 is 40.6 Å². The summed E-state index contributed by atoms with van der Waals surface area (Å²) in [6.45, 7) is 0.849. The van der Waals surface area contributed by atoms with Crippen molar-refractivity contribution in [1.29, 1.82) is 0 Å². The van der Waals surface area contributed by atoms with Crippen molar-refractivity contribution < 1.29 is 9.53 Å². The monoisotopic (exact) mass is 448 g/mol. The van der Waals surface area contributed by atoms with E-state index >= 15 is 0 Å². The number of hydrogen-bond acceptors (Lipinski definition) is 6. The van der Waals surface area contributed by atoms with Crippen molar-refractivity contribution in [3.05, 3.63) is 57.5 Å². The van der Waals surface area contributed by atoms with E-state index in [9.17, 15) is 4.79 Å². The van der Waals surface area contributed by atoms with E-state index in [1.165, 1.54) is 16.6 Å². The standard InChI is InChI=1S/C20H21ClN4O2S2/c21-14-3-7-16(8-4-14)27-10-9-22-19(26)13-29-20-24-23-18(25(20)15-5-6-15)12-17-2-1-11-28-17/h1-4,7-8,11,15H,5-6,9-10,12-13H2,(H,22,26). The first-order chi connectivity index (χ1) is 14.2.